The Hall–Kier alpha value is -1.79. The van der Waals surface area contributed by atoms with E-state index in [9.17, 15) is 0 Å². The molecule has 6 heteroatoms. The minimum atomic E-state index is -0.123. The standard InChI is InChI=1S/C11H11N5S/c12-9(11-14-7-15-17-11)5-8-6-13-10-3-1-2-4-16(8)10/h1-4,6-7,9H,5,12H2. The van der Waals surface area contributed by atoms with Crippen molar-refractivity contribution in [1.82, 2.24) is 18.7 Å². The highest BCUT2D eigenvalue weighted by molar-refractivity contribution is 7.05. The second kappa shape index (κ2) is 4.23. The molecule has 17 heavy (non-hydrogen) atoms. The van der Waals surface area contributed by atoms with Crippen LogP contribution in [-0.2, 0) is 6.42 Å². The lowest BCUT2D eigenvalue weighted by Gasteiger charge is -2.07. The molecule has 2 N–H and O–H groups in total. The van der Waals surface area contributed by atoms with Gasteiger partial charge in [0.1, 0.15) is 17.0 Å². The van der Waals surface area contributed by atoms with Crippen LogP contribution in [-0.4, -0.2) is 18.7 Å². The third-order valence-electron chi connectivity index (χ3n) is 2.62. The molecule has 5 nitrogen and oxygen atoms in total. The molecule has 3 heterocycles. The minimum Gasteiger partial charge on any atom is -0.322 e. The number of nitrogens with zero attached hydrogens (tertiary/aromatic N) is 4. The molecule has 3 aromatic heterocycles. The zero-order valence-corrected chi connectivity index (χ0v) is 9.84. The molecule has 0 spiro atoms. The van der Waals surface area contributed by atoms with Crippen molar-refractivity contribution in [3.8, 4) is 0 Å². The van der Waals surface area contributed by atoms with E-state index in [1.54, 1.807) is 0 Å². The van der Waals surface area contributed by atoms with Crippen LogP contribution in [0.5, 0.6) is 0 Å². The van der Waals surface area contributed by atoms with Gasteiger partial charge in [0.2, 0.25) is 0 Å². The second-order valence-corrected chi connectivity index (χ2v) is 4.58. The van der Waals surface area contributed by atoms with Gasteiger partial charge in [-0.3, -0.25) is 0 Å². The second-order valence-electron chi connectivity index (χ2n) is 3.77. The van der Waals surface area contributed by atoms with Crippen molar-refractivity contribution >= 4 is 17.2 Å². The van der Waals surface area contributed by atoms with E-state index in [1.165, 1.54) is 17.9 Å². The summed E-state index contributed by atoms with van der Waals surface area (Å²) >= 11 is 1.34. The summed E-state index contributed by atoms with van der Waals surface area (Å²) in [7, 11) is 0. The lowest BCUT2D eigenvalue weighted by molar-refractivity contribution is 0.696. The first-order chi connectivity index (χ1) is 8.34. The van der Waals surface area contributed by atoms with Crippen LogP contribution in [0.3, 0.4) is 0 Å². The Morgan fingerprint density at radius 3 is 3.12 bits per heavy atom. The number of imidazole rings is 1. The highest BCUT2D eigenvalue weighted by Crippen LogP contribution is 2.17. The summed E-state index contributed by atoms with van der Waals surface area (Å²) in [5.74, 6) is 0. The third-order valence-corrected chi connectivity index (χ3v) is 3.41. The van der Waals surface area contributed by atoms with Crippen molar-refractivity contribution in [2.45, 2.75) is 12.5 Å². The van der Waals surface area contributed by atoms with E-state index in [0.29, 0.717) is 6.42 Å². The van der Waals surface area contributed by atoms with Crippen LogP contribution in [0.2, 0.25) is 0 Å². The Labute approximate surface area is 102 Å². The first-order valence-electron chi connectivity index (χ1n) is 5.28. The van der Waals surface area contributed by atoms with Crippen LogP contribution in [0.15, 0.2) is 36.9 Å². The normalized spacial score (nSPS) is 13.0. The largest absolute Gasteiger partial charge is 0.322 e. The monoisotopic (exact) mass is 245 g/mol. The van der Waals surface area contributed by atoms with Crippen molar-refractivity contribution in [2.75, 3.05) is 0 Å². The fourth-order valence-corrected chi connectivity index (χ4v) is 2.31. The predicted octanol–water partition coefficient (Wildman–Crippen LogP) is 1.43. The highest BCUT2D eigenvalue weighted by Gasteiger charge is 2.13. The fourth-order valence-electron chi connectivity index (χ4n) is 1.79. The Balaban J connectivity index is 1.90. The maximum Gasteiger partial charge on any atom is 0.136 e. The SMILES string of the molecule is NC(Cc1cnc2ccccn12)c1ncns1. The summed E-state index contributed by atoms with van der Waals surface area (Å²) in [5, 5.41) is 0.857. The van der Waals surface area contributed by atoms with Gasteiger partial charge in [-0.1, -0.05) is 6.07 Å². The number of rotatable bonds is 3. The Morgan fingerprint density at radius 1 is 1.35 bits per heavy atom. The van der Waals surface area contributed by atoms with Gasteiger partial charge in [0, 0.05) is 24.5 Å². The molecule has 3 rings (SSSR count). The molecular formula is C11H11N5S. The van der Waals surface area contributed by atoms with E-state index in [4.69, 9.17) is 5.73 Å². The van der Waals surface area contributed by atoms with Crippen molar-refractivity contribution in [2.24, 2.45) is 5.73 Å². The maximum absolute atomic E-state index is 6.09. The van der Waals surface area contributed by atoms with Gasteiger partial charge in [-0.05, 0) is 23.7 Å². The molecule has 0 aromatic carbocycles. The van der Waals surface area contributed by atoms with Crippen LogP contribution in [0.1, 0.15) is 16.7 Å². The first-order valence-corrected chi connectivity index (χ1v) is 6.05. The topological polar surface area (TPSA) is 69.1 Å². The number of hydrogen-bond donors (Lipinski definition) is 1. The van der Waals surface area contributed by atoms with Crippen molar-refractivity contribution < 1.29 is 0 Å². The van der Waals surface area contributed by atoms with Crippen molar-refractivity contribution in [1.29, 1.82) is 0 Å². The molecule has 0 amide bonds. The molecule has 0 aliphatic rings. The van der Waals surface area contributed by atoms with Crippen LogP contribution in [0, 0.1) is 0 Å². The Kier molecular flexibility index (Phi) is 2.58. The fraction of sp³-hybridized carbons (Fsp3) is 0.182. The summed E-state index contributed by atoms with van der Waals surface area (Å²) in [4.78, 5) is 8.46. The molecule has 0 aliphatic heterocycles. The van der Waals surface area contributed by atoms with E-state index in [-0.39, 0.29) is 6.04 Å². The summed E-state index contributed by atoms with van der Waals surface area (Å²) < 4.78 is 6.01. The van der Waals surface area contributed by atoms with E-state index in [1.807, 2.05) is 35.0 Å². The Bertz CT molecular complexity index is 616. The zero-order chi connectivity index (χ0) is 11.7. The molecule has 86 valence electrons. The summed E-state index contributed by atoms with van der Waals surface area (Å²) in [6.07, 6.45) is 6.09. The van der Waals surface area contributed by atoms with Crippen molar-refractivity contribution in [3.05, 3.63) is 47.6 Å². The lowest BCUT2D eigenvalue weighted by Crippen LogP contribution is -2.14. The van der Waals surface area contributed by atoms with Gasteiger partial charge in [-0.15, -0.1) is 0 Å². The van der Waals surface area contributed by atoms with E-state index in [0.717, 1.165) is 16.3 Å². The maximum atomic E-state index is 6.09. The van der Waals surface area contributed by atoms with E-state index < -0.39 is 0 Å². The van der Waals surface area contributed by atoms with Crippen molar-refractivity contribution in [3.63, 3.8) is 0 Å². The van der Waals surface area contributed by atoms with Gasteiger partial charge in [0.15, 0.2) is 0 Å². The minimum absolute atomic E-state index is 0.123. The number of fused-ring (bicyclic) bond motifs is 1. The number of hydrogen-bond acceptors (Lipinski definition) is 5. The summed E-state index contributed by atoms with van der Waals surface area (Å²) in [5.41, 5.74) is 8.11. The van der Waals surface area contributed by atoms with Gasteiger partial charge < -0.3 is 10.1 Å². The molecule has 0 radical (unpaired) electrons. The number of nitrogens with two attached hydrogens (primary N) is 1. The van der Waals surface area contributed by atoms with E-state index in [2.05, 4.69) is 14.3 Å². The molecule has 3 aromatic rings. The number of pyridine rings is 1. The van der Waals surface area contributed by atoms with Crippen LogP contribution in [0.25, 0.3) is 5.65 Å². The molecule has 0 aliphatic carbocycles. The van der Waals surface area contributed by atoms with Crippen LogP contribution < -0.4 is 5.73 Å². The van der Waals surface area contributed by atoms with Crippen LogP contribution in [0.4, 0.5) is 0 Å². The molecule has 0 saturated carbocycles. The molecule has 0 fully saturated rings. The van der Waals surface area contributed by atoms with Gasteiger partial charge in [-0.25, -0.2) is 9.97 Å². The predicted molar refractivity (Wildman–Crippen MR) is 65.7 cm³/mol. The summed E-state index contributed by atoms with van der Waals surface area (Å²) in [6, 6.07) is 5.80. The van der Waals surface area contributed by atoms with Gasteiger partial charge in [0.25, 0.3) is 0 Å². The molecule has 0 bridgehead atoms. The average molecular weight is 245 g/mol. The van der Waals surface area contributed by atoms with Crippen LogP contribution >= 0.6 is 11.5 Å². The summed E-state index contributed by atoms with van der Waals surface area (Å²) in [6.45, 7) is 0. The number of aromatic nitrogens is 4. The van der Waals surface area contributed by atoms with Gasteiger partial charge in [-0.2, -0.15) is 4.37 Å². The zero-order valence-electron chi connectivity index (χ0n) is 9.02. The van der Waals surface area contributed by atoms with Gasteiger partial charge >= 0.3 is 0 Å². The highest BCUT2D eigenvalue weighted by atomic mass is 32.1. The average Bonchev–Trinajstić information content (AvgIpc) is 2.98. The quantitative estimate of drug-likeness (QED) is 0.758. The molecule has 1 atom stereocenters. The van der Waals surface area contributed by atoms with E-state index >= 15 is 0 Å². The Morgan fingerprint density at radius 2 is 2.29 bits per heavy atom. The smallest absolute Gasteiger partial charge is 0.136 e. The first kappa shape index (κ1) is 10.4. The molecule has 0 saturated heterocycles. The van der Waals surface area contributed by atoms with Gasteiger partial charge in [0.05, 0.1) is 6.04 Å². The molecular weight excluding hydrogens is 234 g/mol. The molecule has 1 unspecified atom stereocenters. The lowest BCUT2D eigenvalue weighted by atomic mass is 10.2. The third kappa shape index (κ3) is 1.92.